The molecule has 1 heterocycles. The van der Waals surface area contributed by atoms with Crippen molar-refractivity contribution in [1.82, 2.24) is 4.90 Å². The van der Waals surface area contributed by atoms with E-state index in [1.807, 2.05) is 6.08 Å². The molecule has 3 nitrogen and oxygen atoms in total. The fourth-order valence-corrected chi connectivity index (χ4v) is 1.32. The molecule has 0 aromatic carbocycles. The van der Waals surface area contributed by atoms with Crippen molar-refractivity contribution in [3.8, 4) is 0 Å². The number of aliphatic imine (C=N–C) groups is 1. The second kappa shape index (κ2) is 4.06. The number of hydrogen-bond donors (Lipinski definition) is 0. The SMILES string of the molecule is CN1CCC(/C=C\N=C=O)C1. The minimum atomic E-state index is 0.567. The van der Waals surface area contributed by atoms with E-state index >= 15 is 0 Å². The summed E-state index contributed by atoms with van der Waals surface area (Å²) in [6.45, 7) is 2.21. The molecule has 3 heteroatoms. The zero-order chi connectivity index (χ0) is 8.10. The van der Waals surface area contributed by atoms with Crippen molar-refractivity contribution in [2.45, 2.75) is 6.42 Å². The molecular formula is C8H12N2O. The molecule has 60 valence electrons. The maximum absolute atomic E-state index is 9.69. The Hall–Kier alpha value is -0.920. The van der Waals surface area contributed by atoms with Crippen LogP contribution >= 0.6 is 0 Å². The first-order valence-corrected chi connectivity index (χ1v) is 3.75. The average Bonchev–Trinajstić information content (AvgIpc) is 2.37. The highest BCUT2D eigenvalue weighted by atomic mass is 16.1. The Balaban J connectivity index is 2.33. The molecule has 1 atom stereocenters. The third-order valence-electron chi connectivity index (χ3n) is 1.91. The van der Waals surface area contributed by atoms with Gasteiger partial charge in [0.1, 0.15) is 0 Å². The van der Waals surface area contributed by atoms with E-state index < -0.39 is 0 Å². The average molecular weight is 152 g/mol. The summed E-state index contributed by atoms with van der Waals surface area (Å²) in [6, 6.07) is 0. The minimum absolute atomic E-state index is 0.567. The van der Waals surface area contributed by atoms with Crippen LogP contribution in [0.3, 0.4) is 0 Å². The first-order valence-electron chi connectivity index (χ1n) is 3.75. The Morgan fingerprint density at radius 2 is 2.55 bits per heavy atom. The Morgan fingerprint density at radius 1 is 1.73 bits per heavy atom. The van der Waals surface area contributed by atoms with Gasteiger partial charge in [-0.15, -0.1) is 0 Å². The van der Waals surface area contributed by atoms with Gasteiger partial charge in [0, 0.05) is 12.7 Å². The predicted molar refractivity (Wildman–Crippen MR) is 42.9 cm³/mol. The van der Waals surface area contributed by atoms with Crippen LogP contribution in [0.4, 0.5) is 0 Å². The molecule has 1 fully saturated rings. The molecule has 0 N–H and O–H groups in total. The lowest BCUT2D eigenvalue weighted by Gasteiger charge is -2.04. The van der Waals surface area contributed by atoms with Crippen LogP contribution in [0.1, 0.15) is 6.42 Å². The van der Waals surface area contributed by atoms with Crippen molar-refractivity contribution in [3.05, 3.63) is 12.3 Å². The van der Waals surface area contributed by atoms with E-state index in [-0.39, 0.29) is 0 Å². The highest BCUT2D eigenvalue weighted by molar-refractivity contribution is 5.34. The summed E-state index contributed by atoms with van der Waals surface area (Å²) in [6.07, 6.45) is 6.15. The van der Waals surface area contributed by atoms with E-state index in [4.69, 9.17) is 0 Å². The molecule has 1 aliphatic rings. The molecule has 0 aromatic rings. The van der Waals surface area contributed by atoms with E-state index in [0.29, 0.717) is 5.92 Å². The number of hydrogen-bond acceptors (Lipinski definition) is 3. The zero-order valence-electron chi connectivity index (χ0n) is 6.66. The number of nitrogens with zero attached hydrogens (tertiary/aromatic N) is 2. The summed E-state index contributed by atoms with van der Waals surface area (Å²) in [4.78, 5) is 15.3. The van der Waals surface area contributed by atoms with Crippen LogP contribution in [0.25, 0.3) is 0 Å². The van der Waals surface area contributed by atoms with Gasteiger partial charge in [0.25, 0.3) is 0 Å². The second-order valence-electron chi connectivity index (χ2n) is 2.87. The lowest BCUT2D eigenvalue weighted by Crippen LogP contribution is -2.13. The third kappa shape index (κ3) is 2.66. The Kier molecular flexibility index (Phi) is 3.02. The van der Waals surface area contributed by atoms with Crippen LogP contribution in [0.2, 0.25) is 0 Å². The summed E-state index contributed by atoms with van der Waals surface area (Å²) in [5.41, 5.74) is 0. The fourth-order valence-electron chi connectivity index (χ4n) is 1.32. The normalized spacial score (nSPS) is 25.7. The van der Waals surface area contributed by atoms with Crippen molar-refractivity contribution in [2.75, 3.05) is 20.1 Å². The molecule has 1 rings (SSSR count). The maximum Gasteiger partial charge on any atom is 0.239 e. The Morgan fingerprint density at radius 3 is 3.09 bits per heavy atom. The van der Waals surface area contributed by atoms with E-state index in [0.717, 1.165) is 13.1 Å². The van der Waals surface area contributed by atoms with Crippen molar-refractivity contribution >= 4 is 6.08 Å². The number of rotatable bonds is 2. The summed E-state index contributed by atoms with van der Waals surface area (Å²) in [5.74, 6) is 0.567. The fraction of sp³-hybridized carbons (Fsp3) is 0.625. The van der Waals surface area contributed by atoms with Gasteiger partial charge in [-0.2, -0.15) is 4.99 Å². The van der Waals surface area contributed by atoms with Gasteiger partial charge in [-0.3, -0.25) is 0 Å². The van der Waals surface area contributed by atoms with Crippen LogP contribution in [-0.2, 0) is 4.79 Å². The minimum Gasteiger partial charge on any atom is -0.306 e. The molecule has 0 radical (unpaired) electrons. The van der Waals surface area contributed by atoms with Gasteiger partial charge in [0.15, 0.2) is 0 Å². The quantitative estimate of drug-likeness (QED) is 0.433. The van der Waals surface area contributed by atoms with Crippen molar-refractivity contribution in [1.29, 1.82) is 0 Å². The Bertz CT molecular complexity index is 194. The largest absolute Gasteiger partial charge is 0.306 e. The highest BCUT2D eigenvalue weighted by Crippen LogP contribution is 2.14. The van der Waals surface area contributed by atoms with Crippen LogP contribution in [0.15, 0.2) is 17.3 Å². The van der Waals surface area contributed by atoms with E-state index in [2.05, 4.69) is 16.9 Å². The predicted octanol–water partition coefficient (Wildman–Crippen LogP) is 0.788. The number of isocyanates is 1. The smallest absolute Gasteiger partial charge is 0.239 e. The van der Waals surface area contributed by atoms with Crippen LogP contribution in [0.5, 0.6) is 0 Å². The molecule has 0 bridgehead atoms. The molecule has 1 saturated heterocycles. The molecular weight excluding hydrogens is 140 g/mol. The zero-order valence-corrected chi connectivity index (χ0v) is 6.66. The standard InChI is InChI=1S/C8H12N2O/c1-10-5-3-8(6-10)2-4-9-7-11/h2,4,8H,3,5-6H2,1H3/b4-2-. The highest BCUT2D eigenvalue weighted by Gasteiger charge is 2.15. The molecule has 0 saturated carbocycles. The first-order chi connectivity index (χ1) is 5.33. The van der Waals surface area contributed by atoms with Gasteiger partial charge in [-0.1, -0.05) is 6.08 Å². The topological polar surface area (TPSA) is 32.7 Å². The molecule has 11 heavy (non-hydrogen) atoms. The lowest BCUT2D eigenvalue weighted by molar-refractivity contribution is 0.408. The van der Waals surface area contributed by atoms with E-state index in [1.165, 1.54) is 18.7 Å². The molecule has 0 aliphatic carbocycles. The molecule has 0 spiro atoms. The van der Waals surface area contributed by atoms with E-state index in [1.54, 1.807) is 0 Å². The summed E-state index contributed by atoms with van der Waals surface area (Å²) in [5, 5.41) is 0. The van der Waals surface area contributed by atoms with Gasteiger partial charge in [0.05, 0.1) is 0 Å². The van der Waals surface area contributed by atoms with Gasteiger partial charge >= 0.3 is 0 Å². The lowest BCUT2D eigenvalue weighted by atomic mass is 10.1. The molecule has 0 aromatic heterocycles. The van der Waals surface area contributed by atoms with Gasteiger partial charge < -0.3 is 4.90 Å². The maximum atomic E-state index is 9.69. The van der Waals surface area contributed by atoms with Crippen LogP contribution in [0, 0.1) is 5.92 Å². The van der Waals surface area contributed by atoms with Crippen molar-refractivity contribution < 1.29 is 4.79 Å². The van der Waals surface area contributed by atoms with Crippen molar-refractivity contribution in [3.63, 3.8) is 0 Å². The molecule has 1 unspecified atom stereocenters. The summed E-state index contributed by atoms with van der Waals surface area (Å²) < 4.78 is 0. The Labute approximate surface area is 66.4 Å². The van der Waals surface area contributed by atoms with Gasteiger partial charge in [-0.05, 0) is 25.9 Å². The first kappa shape index (κ1) is 8.18. The summed E-state index contributed by atoms with van der Waals surface area (Å²) >= 11 is 0. The molecule has 1 aliphatic heterocycles. The van der Waals surface area contributed by atoms with Crippen molar-refractivity contribution in [2.24, 2.45) is 10.9 Å². The number of likely N-dealkylation sites (tertiary alicyclic amines) is 1. The van der Waals surface area contributed by atoms with E-state index in [9.17, 15) is 4.79 Å². The molecule has 0 amide bonds. The second-order valence-corrected chi connectivity index (χ2v) is 2.87. The number of carbonyl (C=O) groups excluding carboxylic acids is 1. The third-order valence-corrected chi connectivity index (χ3v) is 1.91. The van der Waals surface area contributed by atoms with Crippen LogP contribution in [-0.4, -0.2) is 31.1 Å². The summed E-state index contributed by atoms with van der Waals surface area (Å²) in [7, 11) is 2.09. The monoisotopic (exact) mass is 152 g/mol. The van der Waals surface area contributed by atoms with Crippen LogP contribution < -0.4 is 0 Å². The van der Waals surface area contributed by atoms with Gasteiger partial charge in [-0.25, -0.2) is 4.79 Å². The van der Waals surface area contributed by atoms with Gasteiger partial charge in [0.2, 0.25) is 6.08 Å².